The van der Waals surface area contributed by atoms with Gasteiger partial charge in [-0.25, -0.2) is 9.79 Å². The molecular weight excluding hydrogens is 480 g/mol. The van der Waals surface area contributed by atoms with Crippen molar-refractivity contribution in [1.29, 1.82) is 0 Å². The van der Waals surface area contributed by atoms with Crippen molar-refractivity contribution in [3.63, 3.8) is 0 Å². The first-order chi connectivity index (χ1) is 15.9. The van der Waals surface area contributed by atoms with Crippen LogP contribution in [0.3, 0.4) is 0 Å². The van der Waals surface area contributed by atoms with Gasteiger partial charge in [0.25, 0.3) is 0 Å². The number of carbonyl (C=O) groups excluding carboxylic acids is 1. The Balaban J connectivity index is 0.00000432. The molecule has 8 heteroatoms. The molecule has 6 nitrogen and oxygen atoms in total. The third-order valence-electron chi connectivity index (χ3n) is 5.32. The van der Waals surface area contributed by atoms with Gasteiger partial charge in [0.2, 0.25) is 0 Å². The van der Waals surface area contributed by atoms with Crippen LogP contribution in [0, 0.1) is 0 Å². The van der Waals surface area contributed by atoms with E-state index in [9.17, 15) is 9.90 Å². The number of benzene rings is 2. The number of thiophene rings is 1. The Morgan fingerprint density at radius 1 is 0.971 bits per heavy atom. The van der Waals surface area contributed by atoms with Crippen molar-refractivity contribution in [2.24, 2.45) is 4.99 Å². The maximum Gasteiger partial charge on any atom is 0.319 e. The largest absolute Gasteiger partial charge is 0.507 e. The van der Waals surface area contributed by atoms with Crippen LogP contribution in [0.1, 0.15) is 58.2 Å². The number of phenolic OH excluding ortho intramolecular Hbond substituents is 1. The number of carbonyl (C=O) groups is 1. The lowest BCUT2D eigenvalue weighted by Gasteiger charge is -2.28. The van der Waals surface area contributed by atoms with Crippen LogP contribution in [0.4, 0.5) is 21.2 Å². The summed E-state index contributed by atoms with van der Waals surface area (Å²) in [5.74, 6) is 0.292. The summed E-state index contributed by atoms with van der Waals surface area (Å²) in [5, 5.41) is 22.8. The maximum atomic E-state index is 12.6. The molecule has 0 saturated carbocycles. The van der Waals surface area contributed by atoms with Gasteiger partial charge >= 0.3 is 6.03 Å². The van der Waals surface area contributed by atoms with Gasteiger partial charge in [0.15, 0.2) is 0 Å². The molecule has 0 unspecified atom stereocenters. The summed E-state index contributed by atoms with van der Waals surface area (Å²) in [5.41, 5.74) is 3.65. The number of hydrogen-bond acceptors (Lipinski definition) is 4. The lowest BCUT2D eigenvalue weighted by molar-refractivity contribution is 0.251. The minimum absolute atomic E-state index is 0. The molecule has 0 aliphatic carbocycles. The van der Waals surface area contributed by atoms with Gasteiger partial charge < -0.3 is 21.1 Å². The van der Waals surface area contributed by atoms with Gasteiger partial charge in [-0.15, -0.1) is 23.7 Å². The van der Waals surface area contributed by atoms with Crippen molar-refractivity contribution in [2.75, 3.05) is 10.6 Å². The maximum absolute atomic E-state index is 12.6. The molecule has 2 amide bonds. The first kappa shape index (κ1) is 28.2. The first-order valence-corrected chi connectivity index (χ1v) is 12.2. The Bertz CT molecular complexity index is 1110. The summed E-state index contributed by atoms with van der Waals surface area (Å²) in [6, 6.07) is 15.1. The van der Waals surface area contributed by atoms with Crippen LogP contribution in [0.5, 0.6) is 5.75 Å². The van der Waals surface area contributed by atoms with Gasteiger partial charge in [-0.05, 0) is 58.2 Å². The summed E-state index contributed by atoms with van der Waals surface area (Å²) >= 11 is 1.58. The van der Waals surface area contributed by atoms with Crippen LogP contribution in [-0.2, 0) is 17.4 Å². The Kier molecular flexibility index (Phi) is 9.35. The number of hydrogen-bond donors (Lipinski definition) is 4. The number of halogens is 1. The van der Waals surface area contributed by atoms with E-state index in [4.69, 9.17) is 0 Å². The van der Waals surface area contributed by atoms with Crippen molar-refractivity contribution < 1.29 is 9.90 Å². The van der Waals surface area contributed by atoms with Crippen LogP contribution in [-0.4, -0.2) is 17.5 Å². The molecule has 0 atom stereocenters. The number of nitrogens with zero attached hydrogens (tertiary/aromatic N) is 1. The SMILES string of the molecule is CC(C)(C)c1cc(NC(=O)NCc2ccc(N/C=N/c3cccs3)cc2)cc(C(C)(C)C)c1O.Cl. The smallest absolute Gasteiger partial charge is 0.319 e. The Hall–Kier alpha value is -3.03. The van der Waals surface area contributed by atoms with Crippen LogP contribution < -0.4 is 16.0 Å². The van der Waals surface area contributed by atoms with E-state index in [0.717, 1.165) is 27.4 Å². The van der Waals surface area contributed by atoms with Crippen molar-refractivity contribution >= 4 is 52.5 Å². The highest BCUT2D eigenvalue weighted by Crippen LogP contribution is 2.41. The molecule has 35 heavy (non-hydrogen) atoms. The van der Waals surface area contributed by atoms with E-state index in [2.05, 4.69) is 20.9 Å². The van der Waals surface area contributed by atoms with E-state index >= 15 is 0 Å². The van der Waals surface area contributed by atoms with E-state index in [-0.39, 0.29) is 29.3 Å². The fourth-order valence-corrected chi connectivity index (χ4v) is 4.01. The molecule has 3 aromatic rings. The number of amides is 2. The molecule has 4 N–H and O–H groups in total. The van der Waals surface area contributed by atoms with Gasteiger partial charge in [0.05, 0.1) is 6.34 Å². The molecule has 2 aromatic carbocycles. The number of nitrogens with one attached hydrogen (secondary N) is 3. The van der Waals surface area contributed by atoms with Crippen molar-refractivity contribution in [1.82, 2.24) is 5.32 Å². The number of rotatable bonds is 6. The van der Waals surface area contributed by atoms with Crippen LogP contribution in [0.2, 0.25) is 0 Å². The van der Waals surface area contributed by atoms with E-state index in [0.29, 0.717) is 18.0 Å². The highest BCUT2D eigenvalue weighted by Gasteiger charge is 2.26. The summed E-state index contributed by atoms with van der Waals surface area (Å²) in [6.45, 7) is 12.7. The van der Waals surface area contributed by atoms with E-state index in [1.165, 1.54) is 0 Å². The topological polar surface area (TPSA) is 85.8 Å². The normalized spacial score (nSPS) is 11.7. The first-order valence-electron chi connectivity index (χ1n) is 11.3. The second kappa shape index (κ2) is 11.6. The Labute approximate surface area is 218 Å². The van der Waals surface area contributed by atoms with Gasteiger partial charge in [-0.3, -0.25) is 0 Å². The molecule has 0 aliphatic heterocycles. The average Bonchev–Trinajstić information content (AvgIpc) is 3.26. The van der Waals surface area contributed by atoms with Crippen LogP contribution >= 0.6 is 23.7 Å². The Morgan fingerprint density at radius 3 is 2.09 bits per heavy atom. The highest BCUT2D eigenvalue weighted by molar-refractivity contribution is 7.13. The number of anilines is 2. The quantitative estimate of drug-likeness (QED) is 0.155. The van der Waals surface area contributed by atoms with Crippen LogP contribution in [0.15, 0.2) is 58.9 Å². The third-order valence-corrected chi connectivity index (χ3v) is 6.10. The monoisotopic (exact) mass is 514 g/mol. The number of phenols is 1. The lowest BCUT2D eigenvalue weighted by atomic mass is 9.79. The second-order valence-corrected chi connectivity index (χ2v) is 11.2. The van der Waals surface area contributed by atoms with Gasteiger partial charge in [0.1, 0.15) is 10.8 Å². The zero-order valence-electron chi connectivity index (χ0n) is 21.1. The van der Waals surface area contributed by atoms with E-state index in [1.54, 1.807) is 17.7 Å². The van der Waals surface area contributed by atoms with Gasteiger partial charge in [-0.2, -0.15) is 0 Å². The highest BCUT2D eigenvalue weighted by atomic mass is 35.5. The third kappa shape index (κ3) is 8.01. The summed E-state index contributed by atoms with van der Waals surface area (Å²) in [4.78, 5) is 16.9. The second-order valence-electron chi connectivity index (χ2n) is 10.3. The van der Waals surface area contributed by atoms with Gasteiger partial charge in [0, 0.05) is 29.0 Å². The average molecular weight is 515 g/mol. The molecule has 0 bridgehead atoms. The van der Waals surface area contributed by atoms with E-state index < -0.39 is 0 Å². The molecule has 0 radical (unpaired) electrons. The lowest BCUT2D eigenvalue weighted by Crippen LogP contribution is -2.28. The summed E-state index contributed by atoms with van der Waals surface area (Å²) < 4.78 is 0. The molecule has 0 fully saturated rings. The Morgan fingerprint density at radius 2 is 1.57 bits per heavy atom. The zero-order valence-corrected chi connectivity index (χ0v) is 22.7. The zero-order chi connectivity index (χ0) is 24.9. The molecule has 1 aromatic heterocycles. The van der Waals surface area contributed by atoms with Crippen molar-refractivity contribution in [3.05, 3.63) is 70.6 Å². The van der Waals surface area contributed by atoms with Crippen molar-refractivity contribution in [2.45, 2.75) is 58.9 Å². The van der Waals surface area contributed by atoms with Gasteiger partial charge in [-0.1, -0.05) is 53.7 Å². The summed E-state index contributed by atoms with van der Waals surface area (Å²) in [7, 11) is 0. The standard InChI is InChI=1S/C27H34N4O2S.ClH/c1-26(2,3)21-14-20(15-22(24(21)32)27(4,5)6)31-25(33)28-16-18-9-11-19(12-10-18)29-17-30-23-8-7-13-34-23;/h7-15,17,32H,16H2,1-6H3,(H,29,30)(H2,28,31,33);1H. The molecule has 0 aliphatic rings. The molecular formula is C27H35ClN4O2S. The number of urea groups is 1. The minimum Gasteiger partial charge on any atom is -0.507 e. The molecule has 188 valence electrons. The molecule has 3 rings (SSSR count). The minimum atomic E-state index is -0.296. The fourth-order valence-electron chi connectivity index (χ4n) is 3.44. The predicted octanol–water partition coefficient (Wildman–Crippen LogP) is 7.56. The van der Waals surface area contributed by atoms with Crippen LogP contribution in [0.25, 0.3) is 0 Å². The number of aliphatic imine (C=N–C) groups is 1. The summed E-state index contributed by atoms with van der Waals surface area (Å²) in [6.07, 6.45) is 1.67. The van der Waals surface area contributed by atoms with E-state index in [1.807, 2.05) is 95.5 Å². The molecule has 0 spiro atoms. The number of aromatic hydroxyl groups is 1. The fraction of sp³-hybridized carbons (Fsp3) is 0.333. The molecule has 0 saturated heterocycles. The predicted molar refractivity (Wildman–Crippen MR) is 151 cm³/mol. The molecule has 1 heterocycles. The van der Waals surface area contributed by atoms with Crippen molar-refractivity contribution in [3.8, 4) is 5.75 Å².